The van der Waals surface area contributed by atoms with E-state index in [9.17, 15) is 0 Å². The highest BCUT2D eigenvalue weighted by Crippen LogP contribution is 2.31. The maximum atomic E-state index is 6.14. The molecule has 0 bridgehead atoms. The minimum Gasteiger partial charge on any atom is -0.382 e. The summed E-state index contributed by atoms with van der Waals surface area (Å²) >= 11 is 6.14. The number of hydrogen-bond acceptors (Lipinski definition) is 3. The van der Waals surface area contributed by atoms with Gasteiger partial charge in [-0.05, 0) is 98.2 Å². The van der Waals surface area contributed by atoms with Crippen molar-refractivity contribution in [1.29, 1.82) is 0 Å². The molecule has 1 saturated carbocycles. The lowest BCUT2D eigenvalue weighted by Crippen LogP contribution is -2.32. The highest BCUT2D eigenvalue weighted by Gasteiger charge is 2.22. The quantitative estimate of drug-likeness (QED) is 0.320. The number of nitrogens with one attached hydrogen (secondary N) is 2. The second-order valence-electron chi connectivity index (χ2n) is 9.26. The van der Waals surface area contributed by atoms with Gasteiger partial charge >= 0.3 is 0 Å². The Morgan fingerprint density at radius 2 is 1.58 bits per heavy atom. The van der Waals surface area contributed by atoms with Crippen LogP contribution in [0.15, 0.2) is 72.9 Å². The van der Waals surface area contributed by atoms with Crippen molar-refractivity contribution in [2.24, 2.45) is 0 Å². The van der Waals surface area contributed by atoms with Gasteiger partial charge in [0.2, 0.25) is 0 Å². The minimum atomic E-state index is 0.476. The number of aromatic nitrogens is 1. The Hall–Kier alpha value is -3.04. The van der Waals surface area contributed by atoms with E-state index in [1.54, 1.807) is 0 Å². The van der Waals surface area contributed by atoms with E-state index in [1.807, 2.05) is 18.3 Å². The summed E-state index contributed by atoms with van der Waals surface area (Å²) in [7, 11) is 0. The van der Waals surface area contributed by atoms with Crippen LogP contribution in [0.2, 0.25) is 5.02 Å². The Balaban J connectivity index is 1.24. The van der Waals surface area contributed by atoms with Crippen LogP contribution in [-0.2, 0) is 0 Å². The van der Waals surface area contributed by atoms with Crippen molar-refractivity contribution in [3.8, 4) is 11.1 Å². The summed E-state index contributed by atoms with van der Waals surface area (Å²) in [6.45, 7) is 4.36. The number of fused-ring (bicyclic) bond motifs is 1. The molecule has 2 N–H and O–H groups in total. The first-order valence-electron chi connectivity index (χ1n) is 11.8. The molecule has 4 aromatic rings. The maximum Gasteiger partial charge on any atom is 0.0737 e. The summed E-state index contributed by atoms with van der Waals surface area (Å²) in [6.07, 6.45) is 6.45. The molecule has 0 atom stereocenters. The molecule has 3 aromatic carbocycles. The van der Waals surface area contributed by atoms with E-state index in [4.69, 9.17) is 11.6 Å². The molecule has 0 amide bonds. The van der Waals surface area contributed by atoms with Crippen LogP contribution in [-0.4, -0.2) is 17.1 Å². The van der Waals surface area contributed by atoms with Gasteiger partial charge in [0.05, 0.1) is 5.52 Å². The Bertz CT molecular complexity index is 1280. The highest BCUT2D eigenvalue weighted by molar-refractivity contribution is 6.31. The van der Waals surface area contributed by atoms with Gasteiger partial charge in [0, 0.05) is 40.1 Å². The van der Waals surface area contributed by atoms with E-state index >= 15 is 0 Å². The zero-order chi connectivity index (χ0) is 22.8. The van der Waals surface area contributed by atoms with Gasteiger partial charge in [-0.25, -0.2) is 0 Å². The zero-order valence-electron chi connectivity index (χ0n) is 19.2. The molecule has 0 aliphatic heterocycles. The number of hydrogen-bond donors (Lipinski definition) is 2. The van der Waals surface area contributed by atoms with Crippen LogP contribution >= 0.6 is 11.6 Å². The van der Waals surface area contributed by atoms with Crippen LogP contribution in [0.25, 0.3) is 22.0 Å². The molecule has 0 saturated heterocycles. The van der Waals surface area contributed by atoms with Gasteiger partial charge in [0.15, 0.2) is 0 Å². The highest BCUT2D eigenvalue weighted by atomic mass is 35.5. The van der Waals surface area contributed by atoms with Crippen molar-refractivity contribution in [2.75, 3.05) is 10.6 Å². The Morgan fingerprint density at radius 1 is 0.818 bits per heavy atom. The molecule has 1 fully saturated rings. The van der Waals surface area contributed by atoms with Gasteiger partial charge in [-0.3, -0.25) is 4.98 Å². The van der Waals surface area contributed by atoms with Crippen molar-refractivity contribution in [3.05, 3.63) is 89.1 Å². The average Bonchev–Trinajstić information content (AvgIpc) is 2.80. The number of aryl methyl sites for hydroxylation is 2. The molecule has 3 nitrogen and oxygen atoms in total. The second-order valence-corrected chi connectivity index (χ2v) is 9.70. The Labute approximate surface area is 201 Å². The van der Waals surface area contributed by atoms with Crippen LogP contribution in [0.1, 0.15) is 36.8 Å². The summed E-state index contributed by atoms with van der Waals surface area (Å²) in [5, 5.41) is 9.43. The molecule has 1 heterocycles. The predicted molar refractivity (Wildman–Crippen MR) is 141 cm³/mol. The van der Waals surface area contributed by atoms with Crippen molar-refractivity contribution in [3.63, 3.8) is 0 Å². The standard InChI is InChI=1S/C29H30ClN3/c1-19-15-21(26-6-4-3-5-20(26)2)17-25(16-19)32-23-8-10-24(11-9-23)33-28-13-14-31-29-18-22(30)7-12-27(28)29/h3-7,12-18,23-24,32H,8-11H2,1-2H3,(H,31,33). The third-order valence-electron chi connectivity index (χ3n) is 6.70. The molecular formula is C29H30ClN3. The lowest BCUT2D eigenvalue weighted by atomic mass is 9.90. The van der Waals surface area contributed by atoms with Crippen LogP contribution < -0.4 is 10.6 Å². The number of rotatable bonds is 5. The molecule has 5 rings (SSSR count). The van der Waals surface area contributed by atoms with E-state index in [0.29, 0.717) is 12.1 Å². The molecule has 0 radical (unpaired) electrons. The van der Waals surface area contributed by atoms with E-state index in [2.05, 4.69) is 84.1 Å². The third kappa shape index (κ3) is 4.99. The summed E-state index contributed by atoms with van der Waals surface area (Å²) in [6, 6.07) is 24.4. The van der Waals surface area contributed by atoms with Gasteiger partial charge < -0.3 is 10.6 Å². The van der Waals surface area contributed by atoms with E-state index in [-0.39, 0.29) is 0 Å². The number of pyridine rings is 1. The molecule has 1 aliphatic carbocycles. The van der Waals surface area contributed by atoms with Crippen molar-refractivity contribution in [2.45, 2.75) is 51.6 Å². The maximum absolute atomic E-state index is 6.14. The number of nitrogens with zero attached hydrogens (tertiary/aromatic N) is 1. The fourth-order valence-corrected chi connectivity index (χ4v) is 5.17. The average molecular weight is 456 g/mol. The van der Waals surface area contributed by atoms with Gasteiger partial charge in [-0.2, -0.15) is 0 Å². The van der Waals surface area contributed by atoms with Crippen LogP contribution in [0.3, 0.4) is 0 Å². The second kappa shape index (κ2) is 9.44. The lowest BCUT2D eigenvalue weighted by Gasteiger charge is -2.31. The van der Waals surface area contributed by atoms with Crippen molar-refractivity contribution >= 4 is 33.9 Å². The molecule has 33 heavy (non-hydrogen) atoms. The summed E-state index contributed by atoms with van der Waals surface area (Å²) in [5.41, 5.74) is 8.51. The predicted octanol–water partition coefficient (Wildman–Crippen LogP) is 8.01. The van der Waals surface area contributed by atoms with Gasteiger partial charge in [0.25, 0.3) is 0 Å². The van der Waals surface area contributed by atoms with E-state index in [0.717, 1.165) is 47.3 Å². The summed E-state index contributed by atoms with van der Waals surface area (Å²) < 4.78 is 0. The Morgan fingerprint density at radius 3 is 2.36 bits per heavy atom. The molecular weight excluding hydrogens is 426 g/mol. The number of anilines is 2. The molecule has 0 unspecified atom stereocenters. The van der Waals surface area contributed by atoms with Gasteiger partial charge in [-0.1, -0.05) is 41.9 Å². The smallest absolute Gasteiger partial charge is 0.0737 e. The van der Waals surface area contributed by atoms with Crippen LogP contribution in [0, 0.1) is 13.8 Å². The lowest BCUT2D eigenvalue weighted by molar-refractivity contribution is 0.429. The van der Waals surface area contributed by atoms with Crippen molar-refractivity contribution < 1.29 is 0 Å². The van der Waals surface area contributed by atoms with E-state index < -0.39 is 0 Å². The fourth-order valence-electron chi connectivity index (χ4n) is 5.00. The molecule has 1 aliphatic rings. The molecule has 4 heteroatoms. The number of benzene rings is 3. The zero-order valence-corrected chi connectivity index (χ0v) is 20.0. The first kappa shape index (κ1) is 21.8. The summed E-state index contributed by atoms with van der Waals surface area (Å²) in [5.74, 6) is 0. The Kier molecular flexibility index (Phi) is 6.24. The van der Waals surface area contributed by atoms with Crippen LogP contribution in [0.4, 0.5) is 11.4 Å². The third-order valence-corrected chi connectivity index (χ3v) is 6.93. The van der Waals surface area contributed by atoms with E-state index in [1.165, 1.54) is 27.9 Å². The SMILES string of the molecule is Cc1cc(NC2CCC(Nc3ccnc4cc(Cl)ccc34)CC2)cc(-c2ccccc2C)c1. The topological polar surface area (TPSA) is 37.0 Å². The molecule has 1 aromatic heterocycles. The minimum absolute atomic E-state index is 0.476. The largest absolute Gasteiger partial charge is 0.382 e. The summed E-state index contributed by atoms with van der Waals surface area (Å²) in [4.78, 5) is 4.46. The molecule has 0 spiro atoms. The van der Waals surface area contributed by atoms with Gasteiger partial charge in [0.1, 0.15) is 0 Å². The first-order valence-corrected chi connectivity index (χ1v) is 12.2. The number of halogens is 1. The molecule has 168 valence electrons. The normalized spacial score (nSPS) is 18.3. The van der Waals surface area contributed by atoms with Gasteiger partial charge in [-0.15, -0.1) is 0 Å². The van der Waals surface area contributed by atoms with Crippen LogP contribution in [0.5, 0.6) is 0 Å². The monoisotopic (exact) mass is 455 g/mol. The first-order chi connectivity index (χ1) is 16.0. The van der Waals surface area contributed by atoms with Crippen molar-refractivity contribution in [1.82, 2.24) is 4.98 Å². The fraction of sp³-hybridized carbons (Fsp3) is 0.276.